The topological polar surface area (TPSA) is 66.1 Å². The van der Waals surface area contributed by atoms with E-state index in [0.29, 0.717) is 12.1 Å². The van der Waals surface area contributed by atoms with E-state index in [4.69, 9.17) is 11.6 Å². The van der Waals surface area contributed by atoms with Gasteiger partial charge in [0.1, 0.15) is 0 Å². The number of hydrogen-bond acceptors (Lipinski definition) is 3. The molecule has 0 unspecified atom stereocenters. The molecule has 0 amide bonds. The average Bonchev–Trinajstić information content (AvgIpc) is 3.06. The van der Waals surface area contributed by atoms with Crippen molar-refractivity contribution in [2.75, 3.05) is 6.54 Å². The molecule has 1 N–H and O–H groups in total. The molecule has 1 aromatic rings. The highest BCUT2D eigenvalue weighted by atomic mass is 35.5. The molecular weight excluding hydrogens is 298 g/mol. The minimum Gasteiger partial charge on any atom is -0.266 e. The maximum atomic E-state index is 12.9. The SMILES string of the molecule is CC(C)CN(C1CCCC1)S(=O)(=O)c1[nH]ncc1CCl. The van der Waals surface area contributed by atoms with Crippen LogP contribution in [0, 0.1) is 5.92 Å². The Hall–Kier alpha value is -0.590. The summed E-state index contributed by atoms with van der Waals surface area (Å²) in [4.78, 5) is 0. The summed E-state index contributed by atoms with van der Waals surface area (Å²) in [5.41, 5.74) is 0.540. The molecule has 20 heavy (non-hydrogen) atoms. The van der Waals surface area contributed by atoms with Gasteiger partial charge in [0.25, 0.3) is 10.0 Å². The van der Waals surface area contributed by atoms with Gasteiger partial charge in [-0.1, -0.05) is 26.7 Å². The molecule has 5 nitrogen and oxygen atoms in total. The van der Waals surface area contributed by atoms with Gasteiger partial charge in [0.05, 0.1) is 12.1 Å². The lowest BCUT2D eigenvalue weighted by Gasteiger charge is -2.29. The van der Waals surface area contributed by atoms with Gasteiger partial charge in [0, 0.05) is 18.2 Å². The first-order valence-electron chi connectivity index (χ1n) is 7.07. The second-order valence-electron chi connectivity index (χ2n) is 5.76. The summed E-state index contributed by atoms with van der Waals surface area (Å²) in [6.07, 6.45) is 5.56. The zero-order chi connectivity index (χ0) is 14.8. The van der Waals surface area contributed by atoms with E-state index in [9.17, 15) is 8.42 Å². The fraction of sp³-hybridized carbons (Fsp3) is 0.769. The van der Waals surface area contributed by atoms with Crippen molar-refractivity contribution in [3.05, 3.63) is 11.8 Å². The van der Waals surface area contributed by atoms with Gasteiger partial charge in [-0.25, -0.2) is 8.42 Å². The van der Waals surface area contributed by atoms with Crippen molar-refractivity contribution in [1.29, 1.82) is 0 Å². The van der Waals surface area contributed by atoms with Gasteiger partial charge in [0.2, 0.25) is 0 Å². The Bertz CT molecular complexity index is 536. The molecule has 1 aliphatic rings. The lowest BCUT2D eigenvalue weighted by Crippen LogP contribution is -2.41. The van der Waals surface area contributed by atoms with Crippen LogP contribution in [0.2, 0.25) is 0 Å². The Morgan fingerprint density at radius 3 is 2.65 bits per heavy atom. The second-order valence-corrected chi connectivity index (χ2v) is 7.86. The second kappa shape index (κ2) is 6.45. The van der Waals surface area contributed by atoms with Crippen LogP contribution >= 0.6 is 11.6 Å². The largest absolute Gasteiger partial charge is 0.266 e. The van der Waals surface area contributed by atoms with Gasteiger partial charge in [-0.2, -0.15) is 9.40 Å². The highest BCUT2D eigenvalue weighted by Gasteiger charge is 2.35. The predicted molar refractivity (Wildman–Crippen MR) is 79.1 cm³/mol. The molecule has 0 bridgehead atoms. The van der Waals surface area contributed by atoms with Crippen molar-refractivity contribution in [3.63, 3.8) is 0 Å². The summed E-state index contributed by atoms with van der Waals surface area (Å²) >= 11 is 5.81. The molecule has 0 radical (unpaired) electrons. The van der Waals surface area contributed by atoms with Crippen LogP contribution in [0.3, 0.4) is 0 Å². The molecule has 0 saturated heterocycles. The lowest BCUT2D eigenvalue weighted by molar-refractivity contribution is 0.291. The standard InChI is InChI=1S/C13H22ClN3O2S/c1-10(2)9-17(12-5-3-4-6-12)20(18,19)13-11(7-14)8-15-16-13/h8,10,12H,3-7,9H2,1-2H3,(H,15,16). The number of hydrogen-bond donors (Lipinski definition) is 1. The first-order valence-corrected chi connectivity index (χ1v) is 9.04. The molecule has 1 aliphatic carbocycles. The fourth-order valence-electron chi connectivity index (χ4n) is 2.73. The molecule has 1 fully saturated rings. The molecular formula is C13H22ClN3O2S. The van der Waals surface area contributed by atoms with Crippen LogP contribution in [0.5, 0.6) is 0 Å². The van der Waals surface area contributed by atoms with E-state index in [0.717, 1.165) is 25.7 Å². The van der Waals surface area contributed by atoms with Crippen molar-refractivity contribution in [1.82, 2.24) is 14.5 Å². The molecule has 0 aromatic carbocycles. The van der Waals surface area contributed by atoms with Crippen molar-refractivity contribution in [2.45, 2.75) is 56.5 Å². The van der Waals surface area contributed by atoms with E-state index in [1.807, 2.05) is 13.8 Å². The Labute approximate surface area is 125 Å². The number of sulfonamides is 1. The maximum absolute atomic E-state index is 12.9. The van der Waals surface area contributed by atoms with Gasteiger partial charge in [-0.15, -0.1) is 11.6 Å². The molecule has 0 aliphatic heterocycles. The van der Waals surface area contributed by atoms with Crippen LogP contribution in [-0.4, -0.2) is 35.5 Å². The van der Waals surface area contributed by atoms with Crippen LogP contribution in [0.4, 0.5) is 0 Å². The Morgan fingerprint density at radius 1 is 1.45 bits per heavy atom. The Morgan fingerprint density at radius 2 is 2.10 bits per heavy atom. The summed E-state index contributed by atoms with van der Waals surface area (Å²) in [6, 6.07) is 0.105. The monoisotopic (exact) mass is 319 g/mol. The molecule has 1 saturated carbocycles. The third-order valence-corrected chi connectivity index (χ3v) is 5.89. The van der Waals surface area contributed by atoms with Crippen LogP contribution in [0.25, 0.3) is 0 Å². The molecule has 0 atom stereocenters. The number of nitrogens with one attached hydrogen (secondary N) is 1. The van der Waals surface area contributed by atoms with E-state index in [-0.39, 0.29) is 22.9 Å². The fourth-order valence-corrected chi connectivity index (χ4v) is 4.97. The van der Waals surface area contributed by atoms with Crippen LogP contribution in [0.1, 0.15) is 45.1 Å². The first kappa shape index (κ1) is 15.8. The summed E-state index contributed by atoms with van der Waals surface area (Å²) in [5.74, 6) is 0.429. The maximum Gasteiger partial charge on any atom is 0.260 e. The predicted octanol–water partition coefficient (Wildman–Crippen LogP) is 2.74. The Balaban J connectivity index is 2.35. The molecule has 7 heteroatoms. The van der Waals surface area contributed by atoms with E-state index in [1.54, 1.807) is 4.31 Å². The summed E-state index contributed by atoms with van der Waals surface area (Å²) in [6.45, 7) is 4.60. The summed E-state index contributed by atoms with van der Waals surface area (Å²) < 4.78 is 27.4. The number of aromatic amines is 1. The highest BCUT2D eigenvalue weighted by Crippen LogP contribution is 2.30. The van der Waals surface area contributed by atoms with Crippen molar-refractivity contribution >= 4 is 21.6 Å². The van der Waals surface area contributed by atoms with Gasteiger partial charge < -0.3 is 0 Å². The van der Waals surface area contributed by atoms with Crippen LogP contribution < -0.4 is 0 Å². The third kappa shape index (κ3) is 3.18. The normalized spacial score (nSPS) is 17.4. The van der Waals surface area contributed by atoms with Crippen LogP contribution in [-0.2, 0) is 15.9 Å². The average molecular weight is 320 g/mol. The third-order valence-electron chi connectivity index (χ3n) is 3.67. The van der Waals surface area contributed by atoms with Crippen molar-refractivity contribution in [2.24, 2.45) is 5.92 Å². The van der Waals surface area contributed by atoms with Gasteiger partial charge in [-0.3, -0.25) is 5.10 Å². The zero-order valence-corrected chi connectivity index (χ0v) is 13.5. The van der Waals surface area contributed by atoms with E-state index < -0.39 is 10.0 Å². The molecule has 0 spiro atoms. The minimum atomic E-state index is -3.55. The molecule has 114 valence electrons. The van der Waals surface area contributed by atoms with E-state index in [2.05, 4.69) is 10.2 Å². The lowest BCUT2D eigenvalue weighted by atomic mass is 10.2. The highest BCUT2D eigenvalue weighted by molar-refractivity contribution is 7.89. The summed E-state index contributed by atoms with van der Waals surface area (Å²) in [5, 5.41) is 6.60. The quantitative estimate of drug-likeness (QED) is 0.820. The number of nitrogens with zero attached hydrogens (tertiary/aromatic N) is 2. The smallest absolute Gasteiger partial charge is 0.260 e. The first-order chi connectivity index (χ1) is 9.46. The Kier molecular flexibility index (Phi) is 5.09. The van der Waals surface area contributed by atoms with Crippen molar-refractivity contribution < 1.29 is 8.42 Å². The number of aromatic nitrogens is 2. The van der Waals surface area contributed by atoms with E-state index >= 15 is 0 Å². The molecule has 1 aromatic heterocycles. The van der Waals surface area contributed by atoms with Gasteiger partial charge >= 0.3 is 0 Å². The number of alkyl halides is 1. The van der Waals surface area contributed by atoms with Gasteiger partial charge in [-0.05, 0) is 18.8 Å². The van der Waals surface area contributed by atoms with E-state index in [1.165, 1.54) is 6.20 Å². The molecule has 2 rings (SSSR count). The number of rotatable bonds is 6. The van der Waals surface area contributed by atoms with Crippen molar-refractivity contribution in [3.8, 4) is 0 Å². The molecule has 1 heterocycles. The minimum absolute atomic E-state index is 0.105. The number of H-pyrrole nitrogens is 1. The van der Waals surface area contributed by atoms with Crippen LogP contribution in [0.15, 0.2) is 11.2 Å². The number of halogens is 1. The zero-order valence-electron chi connectivity index (χ0n) is 12.0. The summed E-state index contributed by atoms with van der Waals surface area (Å²) in [7, 11) is -3.55. The van der Waals surface area contributed by atoms with Gasteiger partial charge in [0.15, 0.2) is 5.03 Å².